The molecule has 0 bridgehead atoms. The van der Waals surface area contributed by atoms with Crippen molar-refractivity contribution < 1.29 is 9.90 Å². The molecule has 0 aliphatic carbocycles. The van der Waals surface area contributed by atoms with Gasteiger partial charge in [0.05, 0.1) is 29.9 Å². The second-order valence-electron chi connectivity index (χ2n) is 6.30. The molecule has 5 nitrogen and oxygen atoms in total. The molecule has 2 aliphatic rings. The van der Waals surface area contributed by atoms with Gasteiger partial charge in [0.15, 0.2) is 0 Å². The topological polar surface area (TPSA) is 56.7 Å². The minimum absolute atomic E-state index is 0.0201. The second kappa shape index (κ2) is 6.07. The van der Waals surface area contributed by atoms with E-state index >= 15 is 0 Å². The van der Waals surface area contributed by atoms with Gasteiger partial charge < -0.3 is 14.9 Å². The molecule has 1 aromatic heterocycles. The van der Waals surface area contributed by atoms with Gasteiger partial charge in [0.2, 0.25) is 0 Å². The van der Waals surface area contributed by atoms with Gasteiger partial charge in [-0.2, -0.15) is 0 Å². The fraction of sp³-hybridized carbons (Fsp3) is 0.333. The molecule has 3 heterocycles. The van der Waals surface area contributed by atoms with E-state index in [0.29, 0.717) is 23.7 Å². The lowest BCUT2D eigenvalue weighted by Gasteiger charge is -2.29. The number of β-amino-alcohol motifs (C(OH)–C–C–N with tert-alkyl or cyclic N) is 1. The van der Waals surface area contributed by atoms with Crippen LogP contribution < -0.4 is 9.80 Å². The van der Waals surface area contributed by atoms with E-state index in [4.69, 9.17) is 11.6 Å². The molecule has 24 heavy (non-hydrogen) atoms. The Morgan fingerprint density at radius 1 is 1.17 bits per heavy atom. The van der Waals surface area contributed by atoms with E-state index in [-0.39, 0.29) is 12.0 Å². The Hall–Kier alpha value is -2.11. The van der Waals surface area contributed by atoms with Crippen LogP contribution in [0.25, 0.3) is 0 Å². The molecule has 0 saturated carbocycles. The highest BCUT2D eigenvalue weighted by Crippen LogP contribution is 2.29. The number of aliphatic hydroxyl groups excluding tert-OH is 1. The molecule has 1 saturated heterocycles. The number of amides is 1. The number of rotatable bonds is 2. The summed E-state index contributed by atoms with van der Waals surface area (Å²) in [5.41, 5.74) is 3.43. The minimum atomic E-state index is -0.290. The summed E-state index contributed by atoms with van der Waals surface area (Å²) in [5, 5.41) is 10.4. The molecule has 6 heteroatoms. The zero-order valence-electron chi connectivity index (χ0n) is 13.2. The van der Waals surface area contributed by atoms with Gasteiger partial charge in [-0.3, -0.25) is 9.78 Å². The van der Waals surface area contributed by atoms with Crippen molar-refractivity contribution in [1.82, 2.24) is 4.98 Å². The SMILES string of the molecule is O=C1c2ccc(Cl)cc2CCN1c1cncc(N2CC[C@@H](O)C2)c1. The number of anilines is 2. The summed E-state index contributed by atoms with van der Waals surface area (Å²) in [7, 11) is 0. The van der Waals surface area contributed by atoms with Crippen LogP contribution in [0.4, 0.5) is 11.4 Å². The van der Waals surface area contributed by atoms with Gasteiger partial charge in [0, 0.05) is 30.2 Å². The summed E-state index contributed by atoms with van der Waals surface area (Å²) >= 11 is 6.02. The van der Waals surface area contributed by atoms with Crippen LogP contribution in [-0.4, -0.2) is 41.7 Å². The summed E-state index contributed by atoms with van der Waals surface area (Å²) in [5.74, 6) is -0.0201. The van der Waals surface area contributed by atoms with Crippen molar-refractivity contribution >= 4 is 28.9 Å². The number of carbonyl (C=O) groups excluding carboxylic acids is 1. The molecule has 2 aliphatic heterocycles. The number of hydrogen-bond donors (Lipinski definition) is 1. The zero-order valence-corrected chi connectivity index (χ0v) is 13.9. The van der Waals surface area contributed by atoms with Gasteiger partial charge in [0.1, 0.15) is 0 Å². The van der Waals surface area contributed by atoms with Crippen molar-refractivity contribution in [3.05, 3.63) is 52.8 Å². The molecular formula is C18H18ClN3O2. The molecule has 4 rings (SSSR count). The van der Waals surface area contributed by atoms with Crippen LogP contribution in [0.2, 0.25) is 5.02 Å². The first-order valence-electron chi connectivity index (χ1n) is 8.10. The van der Waals surface area contributed by atoms with E-state index in [1.165, 1.54) is 0 Å². The van der Waals surface area contributed by atoms with Crippen molar-refractivity contribution in [3.63, 3.8) is 0 Å². The molecule has 1 fully saturated rings. The molecule has 1 N–H and O–H groups in total. The maximum Gasteiger partial charge on any atom is 0.258 e. The minimum Gasteiger partial charge on any atom is -0.391 e. The average Bonchev–Trinajstić information content (AvgIpc) is 3.02. The molecule has 1 atom stereocenters. The number of hydrogen-bond acceptors (Lipinski definition) is 4. The smallest absolute Gasteiger partial charge is 0.258 e. The first kappa shape index (κ1) is 15.4. The van der Waals surface area contributed by atoms with Crippen LogP contribution in [-0.2, 0) is 6.42 Å². The number of benzene rings is 1. The van der Waals surface area contributed by atoms with Crippen LogP contribution >= 0.6 is 11.6 Å². The average molecular weight is 344 g/mol. The van der Waals surface area contributed by atoms with Gasteiger partial charge in [-0.05, 0) is 42.7 Å². The van der Waals surface area contributed by atoms with Crippen molar-refractivity contribution in [1.29, 1.82) is 0 Å². The first-order chi connectivity index (χ1) is 11.6. The van der Waals surface area contributed by atoms with Gasteiger partial charge >= 0.3 is 0 Å². The molecule has 0 unspecified atom stereocenters. The Labute approximate surface area is 145 Å². The normalized spacial score (nSPS) is 20.4. The van der Waals surface area contributed by atoms with Gasteiger partial charge in [-0.15, -0.1) is 0 Å². The van der Waals surface area contributed by atoms with E-state index in [1.807, 2.05) is 12.1 Å². The predicted molar refractivity (Wildman–Crippen MR) is 93.9 cm³/mol. The maximum absolute atomic E-state index is 12.8. The predicted octanol–water partition coefficient (Wildman–Crippen LogP) is 2.51. The van der Waals surface area contributed by atoms with E-state index in [9.17, 15) is 9.90 Å². The van der Waals surface area contributed by atoms with Crippen LogP contribution in [0.5, 0.6) is 0 Å². The van der Waals surface area contributed by atoms with Crippen LogP contribution in [0.1, 0.15) is 22.3 Å². The van der Waals surface area contributed by atoms with Crippen LogP contribution in [0.3, 0.4) is 0 Å². The van der Waals surface area contributed by atoms with Crippen molar-refractivity contribution in [2.45, 2.75) is 18.9 Å². The third kappa shape index (κ3) is 2.74. The van der Waals surface area contributed by atoms with E-state index in [1.54, 1.807) is 29.4 Å². The Bertz CT molecular complexity index is 796. The monoisotopic (exact) mass is 343 g/mol. The van der Waals surface area contributed by atoms with Crippen molar-refractivity contribution in [3.8, 4) is 0 Å². The molecule has 1 aromatic carbocycles. The summed E-state index contributed by atoms with van der Waals surface area (Å²) in [4.78, 5) is 21.0. The quantitative estimate of drug-likeness (QED) is 0.910. The lowest BCUT2D eigenvalue weighted by atomic mass is 9.99. The summed E-state index contributed by atoms with van der Waals surface area (Å²) in [6, 6.07) is 7.39. The highest BCUT2D eigenvalue weighted by molar-refractivity contribution is 6.30. The number of pyridine rings is 1. The lowest BCUT2D eigenvalue weighted by molar-refractivity contribution is 0.0980. The number of fused-ring (bicyclic) bond motifs is 1. The maximum atomic E-state index is 12.8. The van der Waals surface area contributed by atoms with Gasteiger partial charge in [0.25, 0.3) is 5.91 Å². The largest absolute Gasteiger partial charge is 0.391 e. The van der Waals surface area contributed by atoms with Crippen LogP contribution in [0.15, 0.2) is 36.7 Å². The summed E-state index contributed by atoms with van der Waals surface area (Å²) in [6.07, 6.45) is 4.75. The molecule has 0 radical (unpaired) electrons. The van der Waals surface area contributed by atoms with Crippen molar-refractivity contribution in [2.75, 3.05) is 29.4 Å². The third-order valence-corrected chi connectivity index (χ3v) is 4.93. The van der Waals surface area contributed by atoms with E-state index < -0.39 is 0 Å². The van der Waals surface area contributed by atoms with Gasteiger partial charge in [-0.25, -0.2) is 0 Å². The molecule has 0 spiro atoms. The highest BCUT2D eigenvalue weighted by Gasteiger charge is 2.27. The summed E-state index contributed by atoms with van der Waals surface area (Å²) in [6.45, 7) is 2.03. The molecular weight excluding hydrogens is 326 g/mol. The Morgan fingerprint density at radius 3 is 2.79 bits per heavy atom. The molecule has 2 aromatic rings. The summed E-state index contributed by atoms with van der Waals surface area (Å²) < 4.78 is 0. The molecule has 124 valence electrons. The lowest BCUT2D eigenvalue weighted by Crippen LogP contribution is -2.37. The highest BCUT2D eigenvalue weighted by atomic mass is 35.5. The van der Waals surface area contributed by atoms with Crippen LogP contribution in [0, 0.1) is 0 Å². The zero-order chi connectivity index (χ0) is 16.7. The molecule has 1 amide bonds. The third-order valence-electron chi connectivity index (χ3n) is 4.70. The fourth-order valence-electron chi connectivity index (χ4n) is 3.42. The second-order valence-corrected chi connectivity index (χ2v) is 6.73. The number of halogens is 1. The number of aromatic nitrogens is 1. The van der Waals surface area contributed by atoms with E-state index in [2.05, 4.69) is 9.88 Å². The van der Waals surface area contributed by atoms with E-state index in [0.717, 1.165) is 36.3 Å². The van der Waals surface area contributed by atoms with Gasteiger partial charge in [-0.1, -0.05) is 11.6 Å². The Balaban J connectivity index is 1.62. The fourth-order valence-corrected chi connectivity index (χ4v) is 3.61. The standard InChI is InChI=1S/C18H18ClN3O2/c19-13-1-2-17-12(7-13)3-6-22(18(17)24)15-8-14(9-20-10-15)21-5-4-16(23)11-21/h1-2,7-10,16,23H,3-6,11H2/t16-/m1/s1. The number of aliphatic hydroxyl groups is 1. The number of carbonyl (C=O) groups is 1. The number of nitrogens with zero attached hydrogens (tertiary/aromatic N) is 3. The first-order valence-corrected chi connectivity index (χ1v) is 8.48. The Morgan fingerprint density at radius 2 is 2.00 bits per heavy atom. The van der Waals surface area contributed by atoms with Crippen molar-refractivity contribution in [2.24, 2.45) is 0 Å². The Kier molecular flexibility index (Phi) is 3.90.